The number of ether oxygens (including phenoxy) is 2. The number of aliphatic hydroxyl groups excluding tert-OH is 2. The third-order valence-corrected chi connectivity index (χ3v) is 8.13. The minimum atomic E-state index is -0.712. The number of cyclic esters (lactones) is 1. The molecule has 0 unspecified atom stereocenters. The maximum absolute atomic E-state index is 13.3. The number of carbonyl (C=O) groups excluding carboxylic acids is 1. The first kappa shape index (κ1) is 16.8. The molecule has 2 N–H and O–H groups in total. The zero-order valence-corrected chi connectivity index (χ0v) is 15.0. The van der Waals surface area contributed by atoms with Crippen molar-refractivity contribution in [3.63, 3.8) is 0 Å². The minimum absolute atomic E-state index is 0.0209. The van der Waals surface area contributed by atoms with E-state index in [0.717, 1.165) is 24.8 Å². The average Bonchev–Trinajstić information content (AvgIpc) is 3.23. The molecule has 4 aliphatic rings. The summed E-state index contributed by atoms with van der Waals surface area (Å²) >= 11 is 0. The molecule has 2 aliphatic carbocycles. The van der Waals surface area contributed by atoms with Crippen LogP contribution < -0.4 is 0 Å². The molecule has 2 aliphatic heterocycles. The number of hydrogen-bond donors (Lipinski definition) is 2. The van der Waals surface area contributed by atoms with Gasteiger partial charge in [0.15, 0.2) is 0 Å². The van der Waals surface area contributed by atoms with Crippen molar-refractivity contribution in [2.45, 2.75) is 56.8 Å². The van der Waals surface area contributed by atoms with Crippen molar-refractivity contribution < 1.29 is 28.9 Å². The lowest BCUT2D eigenvalue weighted by Gasteiger charge is -2.71. The number of furan rings is 1. The summed E-state index contributed by atoms with van der Waals surface area (Å²) in [5, 5.41) is 21.2. The van der Waals surface area contributed by atoms with Crippen molar-refractivity contribution in [2.24, 2.45) is 22.7 Å². The molecule has 0 amide bonds. The number of esters is 1. The van der Waals surface area contributed by atoms with Crippen LogP contribution in [-0.2, 0) is 14.3 Å². The van der Waals surface area contributed by atoms with Crippen LogP contribution in [0.2, 0.25) is 0 Å². The van der Waals surface area contributed by atoms with Gasteiger partial charge in [0, 0.05) is 12.0 Å². The fraction of sp³-hybridized carbons (Fsp3) is 0.750. The summed E-state index contributed by atoms with van der Waals surface area (Å²) in [6, 6.07) is 1.85. The maximum Gasteiger partial charge on any atom is 0.313 e. The Labute approximate surface area is 152 Å². The Bertz CT molecular complexity index is 712. The molecule has 7 atom stereocenters. The third-order valence-electron chi connectivity index (χ3n) is 8.13. The van der Waals surface area contributed by atoms with Crippen molar-refractivity contribution in [3.05, 3.63) is 24.2 Å². The van der Waals surface area contributed by atoms with E-state index < -0.39 is 22.5 Å². The second-order valence-corrected chi connectivity index (χ2v) is 8.77. The maximum atomic E-state index is 13.3. The SMILES string of the molecule is C[C@@H]1C[C@@H](O)[C@@]23CO[C@]2(CO)CCC[C@@H]3[C@@]12C[C@@H](c1ccoc1)OC2=O. The number of hydrogen-bond acceptors (Lipinski definition) is 6. The van der Waals surface area contributed by atoms with E-state index in [4.69, 9.17) is 13.9 Å². The third kappa shape index (κ3) is 1.71. The second-order valence-electron chi connectivity index (χ2n) is 8.77. The Morgan fingerprint density at radius 3 is 2.88 bits per heavy atom. The van der Waals surface area contributed by atoms with Gasteiger partial charge in [-0.15, -0.1) is 0 Å². The summed E-state index contributed by atoms with van der Waals surface area (Å²) in [5.74, 6) is -0.173. The smallest absolute Gasteiger partial charge is 0.313 e. The molecule has 1 aromatic rings. The van der Waals surface area contributed by atoms with Gasteiger partial charge in [0.25, 0.3) is 0 Å². The molecular weight excluding hydrogens is 336 g/mol. The Balaban J connectivity index is 1.59. The molecule has 4 fully saturated rings. The number of fused-ring (bicyclic) bond motifs is 1. The topological polar surface area (TPSA) is 89.1 Å². The first-order valence-electron chi connectivity index (χ1n) is 9.66. The van der Waals surface area contributed by atoms with E-state index in [1.807, 2.05) is 6.07 Å². The summed E-state index contributed by atoms with van der Waals surface area (Å²) in [4.78, 5) is 13.3. The lowest BCUT2D eigenvalue weighted by Crippen LogP contribution is -2.79. The van der Waals surface area contributed by atoms with Gasteiger partial charge in [-0.25, -0.2) is 0 Å². The van der Waals surface area contributed by atoms with Crippen molar-refractivity contribution in [2.75, 3.05) is 13.2 Å². The molecule has 0 radical (unpaired) electrons. The van der Waals surface area contributed by atoms with E-state index in [9.17, 15) is 15.0 Å². The van der Waals surface area contributed by atoms with Gasteiger partial charge in [-0.05, 0) is 37.2 Å². The predicted molar refractivity (Wildman–Crippen MR) is 89.9 cm³/mol. The fourth-order valence-corrected chi connectivity index (χ4v) is 6.74. The van der Waals surface area contributed by atoms with Crippen LogP contribution in [0, 0.1) is 22.7 Å². The molecule has 0 bridgehead atoms. The highest BCUT2D eigenvalue weighted by Gasteiger charge is 2.77. The van der Waals surface area contributed by atoms with Crippen LogP contribution in [-0.4, -0.2) is 41.1 Å². The van der Waals surface area contributed by atoms with Crippen molar-refractivity contribution >= 4 is 5.97 Å². The van der Waals surface area contributed by atoms with Crippen LogP contribution in [0.4, 0.5) is 0 Å². The van der Waals surface area contributed by atoms with Crippen LogP contribution in [0.3, 0.4) is 0 Å². The first-order valence-corrected chi connectivity index (χ1v) is 9.66. The molecular formula is C20H26O6. The van der Waals surface area contributed by atoms with Gasteiger partial charge >= 0.3 is 5.97 Å². The van der Waals surface area contributed by atoms with Crippen LogP contribution >= 0.6 is 0 Å². The summed E-state index contributed by atoms with van der Waals surface area (Å²) in [7, 11) is 0. The highest BCUT2D eigenvalue weighted by Crippen LogP contribution is 2.71. The van der Waals surface area contributed by atoms with E-state index in [1.54, 1.807) is 12.5 Å². The van der Waals surface area contributed by atoms with Gasteiger partial charge in [0.1, 0.15) is 11.7 Å². The molecule has 5 rings (SSSR count). The molecule has 2 saturated carbocycles. The molecule has 3 heterocycles. The van der Waals surface area contributed by atoms with Crippen LogP contribution in [0.1, 0.15) is 50.7 Å². The Morgan fingerprint density at radius 1 is 1.38 bits per heavy atom. The number of aliphatic hydroxyl groups is 2. The highest BCUT2D eigenvalue weighted by molar-refractivity contribution is 5.81. The molecule has 0 aromatic carbocycles. The van der Waals surface area contributed by atoms with Crippen molar-refractivity contribution in [1.82, 2.24) is 0 Å². The average molecular weight is 362 g/mol. The van der Waals surface area contributed by atoms with Gasteiger partial charge in [-0.2, -0.15) is 0 Å². The number of rotatable bonds is 2. The zero-order valence-electron chi connectivity index (χ0n) is 15.0. The summed E-state index contributed by atoms with van der Waals surface area (Å²) in [6.45, 7) is 2.37. The molecule has 142 valence electrons. The van der Waals surface area contributed by atoms with E-state index in [1.165, 1.54) is 0 Å². The Kier molecular flexibility index (Phi) is 3.44. The summed E-state index contributed by atoms with van der Waals surface area (Å²) in [6.07, 6.45) is 6.00. The van der Waals surface area contributed by atoms with E-state index >= 15 is 0 Å². The van der Waals surface area contributed by atoms with E-state index in [2.05, 4.69) is 6.92 Å². The molecule has 2 saturated heterocycles. The molecule has 1 aromatic heterocycles. The lowest BCUT2D eigenvalue weighted by atomic mass is 9.40. The van der Waals surface area contributed by atoms with Gasteiger partial charge in [0.2, 0.25) is 0 Å². The fourth-order valence-electron chi connectivity index (χ4n) is 6.74. The lowest BCUT2D eigenvalue weighted by molar-refractivity contribution is -0.373. The first-order chi connectivity index (χ1) is 12.5. The molecule has 2 spiro atoms. The molecule has 26 heavy (non-hydrogen) atoms. The Hall–Kier alpha value is -1.37. The molecule has 6 nitrogen and oxygen atoms in total. The van der Waals surface area contributed by atoms with Gasteiger partial charge in [0.05, 0.1) is 42.7 Å². The van der Waals surface area contributed by atoms with Crippen LogP contribution in [0.15, 0.2) is 23.0 Å². The second kappa shape index (κ2) is 5.33. The monoisotopic (exact) mass is 362 g/mol. The van der Waals surface area contributed by atoms with Gasteiger partial charge in [-0.1, -0.05) is 13.3 Å². The highest BCUT2D eigenvalue weighted by atomic mass is 16.6. The van der Waals surface area contributed by atoms with Gasteiger partial charge in [-0.3, -0.25) is 4.79 Å². The van der Waals surface area contributed by atoms with Crippen LogP contribution in [0.5, 0.6) is 0 Å². The van der Waals surface area contributed by atoms with Crippen LogP contribution in [0.25, 0.3) is 0 Å². The zero-order chi connectivity index (χ0) is 18.2. The van der Waals surface area contributed by atoms with E-state index in [-0.39, 0.29) is 30.5 Å². The van der Waals surface area contributed by atoms with Crippen molar-refractivity contribution in [1.29, 1.82) is 0 Å². The number of carbonyl (C=O) groups is 1. The standard InChI is InChI=1S/C20H26O6/c1-12-7-16(22)20-11-25-18(20,10-21)5-2-3-15(20)19(12)8-14(26-17(19)23)13-4-6-24-9-13/h4,6,9,12,14-16,21-22H,2-3,5,7-8,10-11H2,1H3/t12-,14+,15-,16-,18+,19-,20+/m1/s1. The molecule has 6 heteroatoms. The summed E-state index contributed by atoms with van der Waals surface area (Å²) in [5.41, 5.74) is -1.00. The Morgan fingerprint density at radius 2 is 2.23 bits per heavy atom. The summed E-state index contributed by atoms with van der Waals surface area (Å²) < 4.78 is 16.9. The quantitative estimate of drug-likeness (QED) is 0.784. The normalized spacial score (nSPS) is 50.0. The minimum Gasteiger partial charge on any atom is -0.472 e. The van der Waals surface area contributed by atoms with E-state index in [0.29, 0.717) is 19.4 Å². The largest absolute Gasteiger partial charge is 0.472 e. The van der Waals surface area contributed by atoms with Gasteiger partial charge < -0.3 is 24.1 Å². The van der Waals surface area contributed by atoms with Crippen molar-refractivity contribution in [3.8, 4) is 0 Å². The predicted octanol–water partition coefficient (Wildman–Crippen LogP) is 2.20.